The van der Waals surface area contributed by atoms with E-state index in [1.807, 2.05) is 0 Å². The molecule has 0 bridgehead atoms. The van der Waals surface area contributed by atoms with Crippen molar-refractivity contribution in [3.8, 4) is 0 Å². The van der Waals surface area contributed by atoms with E-state index in [4.69, 9.17) is 5.11 Å². The molecule has 1 aromatic carbocycles. The minimum absolute atomic E-state index is 0.196. The lowest BCUT2D eigenvalue weighted by molar-refractivity contribution is -0.140. The van der Waals surface area contributed by atoms with Crippen LogP contribution >= 0.6 is 0 Å². The molecule has 0 atom stereocenters. The fraction of sp³-hybridized carbons (Fsp3) is 0.167. The molecular formula is C12H8O5. The molecule has 0 unspecified atom stereocenters. The Hall–Kier alpha value is -2.30. The second kappa shape index (κ2) is 3.93. The molecule has 17 heavy (non-hydrogen) atoms. The molecule has 0 aliphatic heterocycles. The fourth-order valence-electron chi connectivity index (χ4n) is 1.89. The first kappa shape index (κ1) is 11.2. The van der Waals surface area contributed by atoms with Crippen molar-refractivity contribution in [2.24, 2.45) is 5.92 Å². The van der Waals surface area contributed by atoms with Crippen molar-refractivity contribution < 1.29 is 24.3 Å². The number of hydrogen-bond acceptors (Lipinski definition) is 4. The van der Waals surface area contributed by atoms with Crippen molar-refractivity contribution in [2.45, 2.75) is 6.42 Å². The number of carbonyl (C=O) groups excluding carboxylic acids is 3. The van der Waals surface area contributed by atoms with Gasteiger partial charge in [0.25, 0.3) is 0 Å². The largest absolute Gasteiger partial charge is 0.481 e. The van der Waals surface area contributed by atoms with Crippen LogP contribution in [0, 0.1) is 5.92 Å². The molecule has 1 aliphatic carbocycles. The van der Waals surface area contributed by atoms with Gasteiger partial charge in [0, 0.05) is 11.1 Å². The summed E-state index contributed by atoms with van der Waals surface area (Å²) in [6.07, 6.45) is -0.809. The lowest BCUT2D eigenvalue weighted by Gasteiger charge is -2.02. The third-order valence-corrected chi connectivity index (χ3v) is 2.63. The summed E-state index contributed by atoms with van der Waals surface area (Å²) in [4.78, 5) is 45.5. The molecule has 1 aromatic rings. The van der Waals surface area contributed by atoms with Crippen molar-refractivity contribution in [1.29, 1.82) is 0 Å². The smallest absolute Gasteiger partial charge is 0.310 e. The van der Waals surface area contributed by atoms with Crippen LogP contribution in [0.25, 0.3) is 0 Å². The standard InChI is InChI=1S/C12H8O5/c13-8(5-9(14)15)10-11(16)6-3-1-2-4-7(6)12(10)17/h1-4,10H,5H2,(H,14,15). The third-order valence-electron chi connectivity index (χ3n) is 2.63. The number of fused-ring (bicyclic) bond motifs is 1. The highest BCUT2D eigenvalue weighted by Gasteiger charge is 2.43. The summed E-state index contributed by atoms with van der Waals surface area (Å²) in [5, 5.41) is 8.49. The Balaban J connectivity index is 2.36. The van der Waals surface area contributed by atoms with Gasteiger partial charge in [-0.15, -0.1) is 0 Å². The van der Waals surface area contributed by atoms with Crippen LogP contribution in [0.2, 0.25) is 0 Å². The van der Waals surface area contributed by atoms with Crippen molar-refractivity contribution in [3.05, 3.63) is 35.4 Å². The molecule has 0 amide bonds. The Morgan fingerprint density at radius 1 is 1.06 bits per heavy atom. The average Bonchev–Trinajstić information content (AvgIpc) is 2.51. The van der Waals surface area contributed by atoms with Gasteiger partial charge in [0.15, 0.2) is 17.3 Å². The molecule has 2 rings (SSSR count). The Labute approximate surface area is 96.1 Å². The Morgan fingerprint density at radius 2 is 1.53 bits per heavy atom. The Morgan fingerprint density at radius 3 is 1.94 bits per heavy atom. The van der Waals surface area contributed by atoms with E-state index in [2.05, 4.69) is 0 Å². The fourth-order valence-corrected chi connectivity index (χ4v) is 1.89. The zero-order valence-corrected chi connectivity index (χ0v) is 8.67. The molecule has 0 heterocycles. The molecule has 0 spiro atoms. The summed E-state index contributed by atoms with van der Waals surface area (Å²) in [7, 11) is 0. The van der Waals surface area contributed by atoms with Crippen LogP contribution in [0.15, 0.2) is 24.3 Å². The van der Waals surface area contributed by atoms with Crippen LogP contribution in [-0.2, 0) is 9.59 Å². The lowest BCUT2D eigenvalue weighted by atomic mass is 9.96. The number of ketones is 3. The lowest BCUT2D eigenvalue weighted by Crippen LogP contribution is -2.27. The molecule has 5 heteroatoms. The summed E-state index contributed by atoms with van der Waals surface area (Å²) in [6, 6.07) is 6.11. The van der Waals surface area contributed by atoms with Crippen LogP contribution in [0.1, 0.15) is 27.1 Å². The number of carboxylic acid groups (broad SMARTS) is 1. The van der Waals surface area contributed by atoms with E-state index in [1.54, 1.807) is 12.1 Å². The van der Waals surface area contributed by atoms with Crippen molar-refractivity contribution >= 4 is 23.3 Å². The first-order chi connectivity index (χ1) is 8.02. The van der Waals surface area contributed by atoms with Gasteiger partial charge in [0.05, 0.1) is 0 Å². The average molecular weight is 232 g/mol. The second-order valence-corrected chi connectivity index (χ2v) is 3.74. The minimum atomic E-state index is -1.47. The summed E-state index contributed by atoms with van der Waals surface area (Å²) >= 11 is 0. The van der Waals surface area contributed by atoms with Crippen molar-refractivity contribution in [1.82, 2.24) is 0 Å². The Kier molecular flexibility index (Phi) is 2.59. The first-order valence-electron chi connectivity index (χ1n) is 4.94. The second-order valence-electron chi connectivity index (χ2n) is 3.74. The molecule has 1 aliphatic rings. The SMILES string of the molecule is O=C(O)CC(=O)C1C(=O)c2ccccc2C1=O. The van der Waals surface area contributed by atoms with Gasteiger partial charge in [-0.3, -0.25) is 19.2 Å². The summed E-state index contributed by atoms with van der Waals surface area (Å²) < 4.78 is 0. The third kappa shape index (κ3) is 1.75. The molecule has 0 saturated heterocycles. The molecule has 86 valence electrons. The predicted octanol–water partition coefficient (Wildman–Crippen LogP) is 0.726. The number of Topliss-reactive ketones (excluding diaryl/α,β-unsaturated/α-hetero) is 3. The number of hydrogen-bond donors (Lipinski definition) is 1. The molecular weight excluding hydrogens is 224 g/mol. The van der Waals surface area contributed by atoms with Gasteiger partial charge >= 0.3 is 5.97 Å². The van der Waals surface area contributed by atoms with Crippen LogP contribution < -0.4 is 0 Å². The Bertz CT molecular complexity index is 509. The molecule has 1 N–H and O–H groups in total. The zero-order valence-electron chi connectivity index (χ0n) is 8.67. The molecule has 0 aromatic heterocycles. The zero-order chi connectivity index (χ0) is 12.6. The highest BCUT2D eigenvalue weighted by molar-refractivity contribution is 6.36. The van der Waals surface area contributed by atoms with Crippen molar-refractivity contribution in [3.63, 3.8) is 0 Å². The van der Waals surface area contributed by atoms with Crippen LogP contribution in [0.5, 0.6) is 0 Å². The van der Waals surface area contributed by atoms with Gasteiger partial charge < -0.3 is 5.11 Å². The summed E-state index contributed by atoms with van der Waals surface area (Å²) in [5.41, 5.74) is 0.391. The van der Waals surface area contributed by atoms with Gasteiger partial charge in [-0.05, 0) is 0 Å². The molecule has 0 radical (unpaired) electrons. The first-order valence-corrected chi connectivity index (χ1v) is 4.94. The van der Waals surface area contributed by atoms with E-state index in [0.29, 0.717) is 0 Å². The van der Waals surface area contributed by atoms with Crippen LogP contribution in [-0.4, -0.2) is 28.4 Å². The van der Waals surface area contributed by atoms with E-state index in [0.717, 1.165) is 0 Å². The number of benzene rings is 1. The quantitative estimate of drug-likeness (QED) is 0.776. The summed E-state index contributed by atoms with van der Waals surface area (Å²) in [6.45, 7) is 0. The van der Waals surface area contributed by atoms with Crippen molar-refractivity contribution in [2.75, 3.05) is 0 Å². The minimum Gasteiger partial charge on any atom is -0.481 e. The normalized spacial score (nSPS) is 14.8. The topological polar surface area (TPSA) is 88.5 Å². The number of rotatable bonds is 3. The van der Waals surface area contributed by atoms with E-state index >= 15 is 0 Å². The maximum atomic E-state index is 11.8. The predicted molar refractivity (Wildman–Crippen MR) is 55.9 cm³/mol. The van der Waals surface area contributed by atoms with Gasteiger partial charge in [-0.25, -0.2) is 0 Å². The van der Waals surface area contributed by atoms with E-state index in [-0.39, 0.29) is 11.1 Å². The molecule has 5 nitrogen and oxygen atoms in total. The van der Waals surface area contributed by atoms with Crippen LogP contribution in [0.3, 0.4) is 0 Å². The number of carbonyl (C=O) groups is 4. The number of aliphatic carboxylic acids is 1. The maximum absolute atomic E-state index is 11.8. The van der Waals surface area contributed by atoms with Gasteiger partial charge in [0.2, 0.25) is 0 Å². The van der Waals surface area contributed by atoms with E-state index in [1.165, 1.54) is 12.1 Å². The highest BCUT2D eigenvalue weighted by atomic mass is 16.4. The number of carboxylic acids is 1. The molecule has 0 saturated carbocycles. The molecule has 0 fully saturated rings. The maximum Gasteiger partial charge on any atom is 0.310 e. The van der Waals surface area contributed by atoms with Crippen LogP contribution in [0.4, 0.5) is 0 Å². The van der Waals surface area contributed by atoms with Gasteiger partial charge in [-0.1, -0.05) is 24.3 Å². The monoisotopic (exact) mass is 232 g/mol. The van der Waals surface area contributed by atoms with Gasteiger partial charge in [0.1, 0.15) is 12.3 Å². The van der Waals surface area contributed by atoms with E-state index < -0.39 is 35.7 Å². The summed E-state index contributed by atoms with van der Waals surface area (Å²) in [5.74, 6) is -4.87. The van der Waals surface area contributed by atoms with Gasteiger partial charge in [-0.2, -0.15) is 0 Å². The van der Waals surface area contributed by atoms with E-state index in [9.17, 15) is 19.2 Å². The highest BCUT2D eigenvalue weighted by Crippen LogP contribution is 2.27.